The van der Waals surface area contributed by atoms with Crippen LogP contribution in [0.2, 0.25) is 0 Å². The van der Waals surface area contributed by atoms with Gasteiger partial charge in [-0.15, -0.1) is 0 Å². The molecule has 9 heteroatoms. The monoisotopic (exact) mass is 413 g/mol. The van der Waals surface area contributed by atoms with Gasteiger partial charge in [0.15, 0.2) is 6.23 Å². The summed E-state index contributed by atoms with van der Waals surface area (Å²) in [5.41, 5.74) is 2.17. The highest BCUT2D eigenvalue weighted by Gasteiger charge is 2.48. The second-order valence-electron chi connectivity index (χ2n) is 9.04. The van der Waals surface area contributed by atoms with E-state index in [1.54, 1.807) is 0 Å². The maximum atomic E-state index is 8.72. The number of unbranched alkanes of at least 4 members (excludes halogenated alkanes) is 3. The number of rotatable bonds is 11. The van der Waals surface area contributed by atoms with Crippen LogP contribution in [0.5, 0.6) is 0 Å². The first-order valence-corrected chi connectivity index (χ1v) is 11.3. The standard InChI is InChI=1S/C20H39N5O4/c1-23-13-15(14-24(2)20(23)25-9-11-27-12-10-25)17-19(29-17)21-8-6-4-3-5-7-16-18(22-26)28-16/h15-22,26H,3-14H2,1-2H3. The Morgan fingerprint density at radius 2 is 1.66 bits per heavy atom. The summed E-state index contributed by atoms with van der Waals surface area (Å²) in [5, 5.41) is 12.3. The minimum atomic E-state index is -0.123. The second kappa shape index (κ2) is 10.3. The maximum absolute atomic E-state index is 8.72. The number of epoxide rings is 2. The highest BCUT2D eigenvalue weighted by atomic mass is 16.7. The minimum absolute atomic E-state index is 0.123. The summed E-state index contributed by atoms with van der Waals surface area (Å²) in [6, 6.07) is 0. The molecule has 4 rings (SSSR count). The Kier molecular flexibility index (Phi) is 7.76. The molecule has 0 aromatic rings. The summed E-state index contributed by atoms with van der Waals surface area (Å²) in [4.78, 5) is 7.47. The number of nitrogens with zero attached hydrogens (tertiary/aromatic N) is 3. The molecular formula is C20H39N5O4. The van der Waals surface area contributed by atoms with Crippen molar-refractivity contribution in [3.63, 3.8) is 0 Å². The fourth-order valence-electron chi connectivity index (χ4n) is 5.09. The van der Waals surface area contributed by atoms with Crippen LogP contribution in [0.4, 0.5) is 0 Å². The Morgan fingerprint density at radius 1 is 0.931 bits per heavy atom. The molecule has 4 unspecified atom stereocenters. The lowest BCUT2D eigenvalue weighted by Crippen LogP contribution is -2.64. The van der Waals surface area contributed by atoms with Crippen LogP contribution in [-0.2, 0) is 14.2 Å². The van der Waals surface area contributed by atoms with Crippen molar-refractivity contribution in [3.8, 4) is 0 Å². The highest BCUT2D eigenvalue weighted by Crippen LogP contribution is 2.32. The lowest BCUT2D eigenvalue weighted by atomic mass is 10.0. The molecule has 4 fully saturated rings. The molecular weight excluding hydrogens is 374 g/mol. The molecule has 0 spiro atoms. The quantitative estimate of drug-likeness (QED) is 0.247. The van der Waals surface area contributed by atoms with Gasteiger partial charge in [0.1, 0.15) is 24.7 Å². The van der Waals surface area contributed by atoms with Crippen molar-refractivity contribution in [2.75, 3.05) is 60.0 Å². The van der Waals surface area contributed by atoms with Crippen molar-refractivity contribution < 1.29 is 19.4 Å². The minimum Gasteiger partial charge on any atom is -0.379 e. The van der Waals surface area contributed by atoms with Gasteiger partial charge in [0, 0.05) is 32.1 Å². The normalized spacial score (nSPS) is 39.0. The molecule has 4 heterocycles. The Bertz CT molecular complexity index is 497. The van der Waals surface area contributed by atoms with Gasteiger partial charge in [0.2, 0.25) is 0 Å². The Balaban J connectivity index is 1.06. The molecule has 9 nitrogen and oxygen atoms in total. The van der Waals surface area contributed by atoms with Crippen LogP contribution in [0.15, 0.2) is 0 Å². The van der Waals surface area contributed by atoms with Crippen molar-refractivity contribution in [1.29, 1.82) is 0 Å². The lowest BCUT2D eigenvalue weighted by Gasteiger charge is -2.49. The van der Waals surface area contributed by atoms with E-state index >= 15 is 0 Å². The van der Waals surface area contributed by atoms with Crippen molar-refractivity contribution >= 4 is 0 Å². The molecule has 4 aliphatic heterocycles. The number of morpholine rings is 1. The topological polar surface area (TPSA) is 88.3 Å². The van der Waals surface area contributed by atoms with E-state index in [2.05, 4.69) is 39.6 Å². The molecule has 0 aromatic heterocycles. The molecule has 0 amide bonds. The first-order valence-electron chi connectivity index (χ1n) is 11.3. The number of hydrogen-bond acceptors (Lipinski definition) is 9. The molecule has 4 aliphatic rings. The molecule has 3 N–H and O–H groups in total. The predicted octanol–water partition coefficient (Wildman–Crippen LogP) is 0.0643. The van der Waals surface area contributed by atoms with Gasteiger partial charge < -0.3 is 19.4 Å². The summed E-state index contributed by atoms with van der Waals surface area (Å²) in [6.07, 6.45) is 6.88. The molecule has 0 radical (unpaired) electrons. The molecule has 0 aromatic carbocycles. The summed E-state index contributed by atoms with van der Waals surface area (Å²) in [5.74, 6) is 0.561. The Morgan fingerprint density at radius 3 is 2.34 bits per heavy atom. The van der Waals surface area contributed by atoms with Gasteiger partial charge >= 0.3 is 0 Å². The van der Waals surface area contributed by atoms with Crippen molar-refractivity contribution in [2.45, 2.75) is 63.1 Å². The van der Waals surface area contributed by atoms with Crippen LogP contribution in [0.1, 0.15) is 32.1 Å². The van der Waals surface area contributed by atoms with Crippen LogP contribution >= 0.6 is 0 Å². The number of hydroxylamine groups is 1. The van der Waals surface area contributed by atoms with E-state index in [4.69, 9.17) is 19.4 Å². The molecule has 0 bridgehead atoms. The first kappa shape index (κ1) is 21.9. The van der Waals surface area contributed by atoms with Gasteiger partial charge in [-0.25, -0.2) is 0 Å². The third-order valence-electron chi connectivity index (χ3n) is 6.67. The highest BCUT2D eigenvalue weighted by molar-refractivity contribution is 4.95. The maximum Gasteiger partial charge on any atom is 0.156 e. The van der Waals surface area contributed by atoms with Gasteiger partial charge in [0.25, 0.3) is 0 Å². The summed E-state index contributed by atoms with van der Waals surface area (Å²) < 4.78 is 16.7. The Hall–Kier alpha value is -0.360. The van der Waals surface area contributed by atoms with Gasteiger partial charge in [0.05, 0.1) is 13.2 Å². The molecule has 29 heavy (non-hydrogen) atoms. The Labute approximate surface area is 174 Å². The number of nitrogens with one attached hydrogen (secondary N) is 2. The molecule has 168 valence electrons. The smallest absolute Gasteiger partial charge is 0.156 e. The zero-order chi connectivity index (χ0) is 20.2. The van der Waals surface area contributed by atoms with Gasteiger partial charge in [-0.3, -0.25) is 20.0 Å². The van der Waals surface area contributed by atoms with Crippen LogP contribution in [-0.4, -0.2) is 111 Å². The predicted molar refractivity (Wildman–Crippen MR) is 108 cm³/mol. The van der Waals surface area contributed by atoms with Crippen LogP contribution in [0.3, 0.4) is 0 Å². The summed E-state index contributed by atoms with van der Waals surface area (Å²) in [6.45, 7) is 6.91. The van der Waals surface area contributed by atoms with Crippen molar-refractivity contribution in [2.24, 2.45) is 5.92 Å². The lowest BCUT2D eigenvalue weighted by molar-refractivity contribution is -0.121. The summed E-state index contributed by atoms with van der Waals surface area (Å²) >= 11 is 0. The van der Waals surface area contributed by atoms with E-state index in [0.717, 1.165) is 58.8 Å². The van der Waals surface area contributed by atoms with Crippen molar-refractivity contribution in [3.05, 3.63) is 0 Å². The van der Waals surface area contributed by atoms with Crippen LogP contribution in [0, 0.1) is 5.92 Å². The van der Waals surface area contributed by atoms with E-state index < -0.39 is 0 Å². The zero-order valence-corrected chi connectivity index (χ0v) is 18.0. The number of hydrogen-bond donors (Lipinski definition) is 3. The van der Waals surface area contributed by atoms with E-state index in [1.165, 1.54) is 19.3 Å². The SMILES string of the molecule is CN1CC(C2OC2NCCCCCCC2OC2NO)CN(C)C1N1CCOCC1. The fraction of sp³-hybridized carbons (Fsp3) is 1.00. The average Bonchev–Trinajstić information content (AvgIpc) is 3.63. The van der Waals surface area contributed by atoms with Crippen LogP contribution < -0.4 is 10.8 Å². The summed E-state index contributed by atoms with van der Waals surface area (Å²) in [7, 11) is 4.47. The molecule has 0 saturated carbocycles. The molecule has 4 saturated heterocycles. The third-order valence-corrected chi connectivity index (χ3v) is 6.67. The van der Waals surface area contributed by atoms with Gasteiger partial charge in [-0.2, -0.15) is 5.48 Å². The van der Waals surface area contributed by atoms with Gasteiger partial charge in [-0.05, 0) is 33.5 Å². The van der Waals surface area contributed by atoms with E-state index in [1.807, 2.05) is 0 Å². The fourth-order valence-corrected chi connectivity index (χ4v) is 5.09. The zero-order valence-electron chi connectivity index (χ0n) is 18.0. The first-order chi connectivity index (χ1) is 14.2. The average molecular weight is 414 g/mol. The second-order valence-corrected chi connectivity index (χ2v) is 9.04. The molecule has 4 atom stereocenters. The van der Waals surface area contributed by atoms with E-state index in [9.17, 15) is 0 Å². The van der Waals surface area contributed by atoms with E-state index in [-0.39, 0.29) is 18.6 Å². The van der Waals surface area contributed by atoms with Crippen LogP contribution in [0.25, 0.3) is 0 Å². The third kappa shape index (κ3) is 5.87. The van der Waals surface area contributed by atoms with Gasteiger partial charge in [-0.1, -0.05) is 19.3 Å². The van der Waals surface area contributed by atoms with Crippen molar-refractivity contribution in [1.82, 2.24) is 25.5 Å². The van der Waals surface area contributed by atoms with E-state index in [0.29, 0.717) is 18.3 Å². The molecule has 0 aliphatic carbocycles. The number of ether oxygens (including phenoxy) is 3. The largest absolute Gasteiger partial charge is 0.379 e.